The van der Waals surface area contributed by atoms with Gasteiger partial charge < -0.3 is 31.5 Å². The van der Waals surface area contributed by atoms with Crippen LogP contribution >= 0.6 is 34.9 Å². The Labute approximate surface area is 225 Å². The van der Waals surface area contributed by atoms with Crippen LogP contribution in [0.3, 0.4) is 0 Å². The molecule has 0 aromatic carbocycles. The molecule has 2 atom stereocenters. The normalized spacial score (nSPS) is 19.2. The number of β-lactam (4-membered cyclic amide) rings is 1. The van der Waals surface area contributed by atoms with Crippen molar-refractivity contribution < 1.29 is 29.1 Å². The van der Waals surface area contributed by atoms with E-state index in [1.165, 1.54) is 51.8 Å². The Bertz CT molecular complexity index is 1500. The van der Waals surface area contributed by atoms with Gasteiger partial charge in [-0.05, 0) is 0 Å². The summed E-state index contributed by atoms with van der Waals surface area (Å²) in [6, 6.07) is 0.604. The van der Waals surface area contributed by atoms with E-state index in [1.54, 1.807) is 6.07 Å². The lowest BCUT2D eigenvalue weighted by molar-refractivity contribution is -0.148. The molecule has 0 bridgehead atoms. The number of oxime groups is 1. The summed E-state index contributed by atoms with van der Waals surface area (Å²) in [6.07, 6.45) is -0.219. The first-order valence-electron chi connectivity index (χ1n) is 10.6. The Balaban J connectivity index is 1.34. The lowest BCUT2D eigenvalue weighted by atomic mass is 10.1. The molecule has 0 spiro atoms. The molecule has 0 aliphatic carbocycles. The molecule has 2 aliphatic rings. The van der Waals surface area contributed by atoms with Crippen LogP contribution in [0.2, 0.25) is 0 Å². The lowest BCUT2D eigenvalue weighted by Gasteiger charge is -2.49. The molecule has 1 saturated heterocycles. The number of carbonyl (C=O) groups excluding carboxylic acids is 2. The van der Waals surface area contributed by atoms with Crippen molar-refractivity contribution in [2.75, 3.05) is 30.1 Å². The molecule has 2 aliphatic heterocycles. The van der Waals surface area contributed by atoms with Crippen LogP contribution in [-0.4, -0.2) is 88.3 Å². The molecule has 0 unspecified atom stereocenters. The van der Waals surface area contributed by atoms with Crippen LogP contribution in [0.5, 0.6) is 0 Å². The minimum absolute atomic E-state index is 0.110. The number of carboxylic acid groups (broad SMARTS) is 1. The second kappa shape index (κ2) is 10.3. The number of rotatable bonds is 8. The molecule has 38 heavy (non-hydrogen) atoms. The van der Waals surface area contributed by atoms with E-state index in [2.05, 4.69) is 30.5 Å². The quantitative estimate of drug-likeness (QED) is 0.0699. The summed E-state index contributed by atoms with van der Waals surface area (Å²) >= 11 is 3.68. The van der Waals surface area contributed by atoms with Gasteiger partial charge in [-0.25, -0.2) is 19.7 Å². The van der Waals surface area contributed by atoms with E-state index in [1.807, 2.05) is 0 Å². The van der Waals surface area contributed by atoms with Crippen LogP contribution in [0.4, 0.5) is 15.7 Å². The molecule has 0 saturated carbocycles. The molecule has 1 fully saturated rings. The topological polar surface area (TPSA) is 226 Å². The van der Waals surface area contributed by atoms with Crippen molar-refractivity contribution in [2.24, 2.45) is 5.16 Å². The number of aromatic nitrogens is 5. The number of nitrogens with one attached hydrogen (secondary N) is 1. The number of ether oxygens (including phenoxy) is 1. The highest BCUT2D eigenvalue weighted by Crippen LogP contribution is 2.42. The summed E-state index contributed by atoms with van der Waals surface area (Å²) < 4.78 is 6.51. The number of thiazole rings is 1. The first-order valence-corrected chi connectivity index (χ1v) is 13.5. The highest BCUT2D eigenvalue weighted by atomic mass is 32.2. The first kappa shape index (κ1) is 25.5. The Kier molecular flexibility index (Phi) is 6.95. The fourth-order valence-corrected chi connectivity index (χ4v) is 6.64. The van der Waals surface area contributed by atoms with Gasteiger partial charge in [0.15, 0.2) is 21.6 Å². The molecule has 5 rings (SSSR count). The van der Waals surface area contributed by atoms with E-state index in [-0.39, 0.29) is 34.0 Å². The van der Waals surface area contributed by atoms with Gasteiger partial charge in [-0.2, -0.15) is 9.61 Å². The summed E-state index contributed by atoms with van der Waals surface area (Å²) in [6.45, 7) is 0. The molecule has 0 radical (unpaired) electrons. The average Bonchev–Trinajstić information content (AvgIpc) is 3.52. The second-order valence-corrected chi connectivity index (χ2v) is 10.6. The van der Waals surface area contributed by atoms with Gasteiger partial charge in [0.1, 0.15) is 36.4 Å². The van der Waals surface area contributed by atoms with Gasteiger partial charge in [0.05, 0.1) is 0 Å². The van der Waals surface area contributed by atoms with Crippen molar-refractivity contribution >= 4 is 75.1 Å². The molecule has 198 valence electrons. The highest BCUT2D eigenvalue weighted by Gasteiger charge is 2.54. The smallest absolute Gasteiger partial charge is 0.449 e. The fourth-order valence-electron chi connectivity index (χ4n) is 3.67. The Morgan fingerprint density at radius 2 is 2.18 bits per heavy atom. The van der Waals surface area contributed by atoms with E-state index >= 15 is 0 Å². The van der Waals surface area contributed by atoms with E-state index in [0.717, 1.165) is 11.3 Å². The predicted octanol–water partition coefficient (Wildman–Crippen LogP) is 0.194. The van der Waals surface area contributed by atoms with E-state index < -0.39 is 29.4 Å². The number of anilines is 2. The van der Waals surface area contributed by atoms with Crippen molar-refractivity contribution in [2.45, 2.75) is 16.6 Å². The molecule has 16 nitrogen and oxygen atoms in total. The fraction of sp³-hybridized carbons (Fsp3) is 0.263. The Morgan fingerprint density at radius 3 is 2.89 bits per heavy atom. The van der Waals surface area contributed by atoms with Gasteiger partial charge in [-0.15, -0.1) is 23.1 Å². The number of amides is 2. The van der Waals surface area contributed by atoms with Gasteiger partial charge in [-0.1, -0.05) is 16.9 Å². The van der Waals surface area contributed by atoms with Gasteiger partial charge >= 0.3 is 6.16 Å². The summed E-state index contributed by atoms with van der Waals surface area (Å²) in [5.74, 6) is -0.571. The van der Waals surface area contributed by atoms with Crippen LogP contribution in [-0.2, 0) is 19.2 Å². The minimum Gasteiger partial charge on any atom is -0.449 e. The summed E-state index contributed by atoms with van der Waals surface area (Å²) in [5, 5.41) is 21.4. The van der Waals surface area contributed by atoms with Crippen LogP contribution in [0, 0.1) is 0 Å². The largest absolute Gasteiger partial charge is 0.512 e. The molecule has 6 N–H and O–H groups in total. The number of hydrogen-bond donors (Lipinski definition) is 4. The zero-order chi connectivity index (χ0) is 27.0. The van der Waals surface area contributed by atoms with Gasteiger partial charge in [0.25, 0.3) is 11.8 Å². The van der Waals surface area contributed by atoms with Crippen molar-refractivity contribution in [1.29, 1.82) is 0 Å². The number of carbonyl (C=O) groups is 3. The minimum atomic E-state index is -1.58. The summed E-state index contributed by atoms with van der Waals surface area (Å²) in [5.41, 5.74) is 12.6. The van der Waals surface area contributed by atoms with Crippen molar-refractivity contribution in [3.8, 4) is 0 Å². The van der Waals surface area contributed by atoms with Crippen LogP contribution in [0.1, 0.15) is 5.69 Å². The SMILES string of the molecule is CO/N=C(\C(=O)N[C@@H]1C(=O)N2C(OC(=O)O)=C(CSc3nc(N)cc4ncnn34)CS[C@H]12)c1csc(N)n1. The molecule has 3 aromatic heterocycles. The third kappa shape index (κ3) is 4.77. The van der Waals surface area contributed by atoms with Crippen molar-refractivity contribution in [3.05, 3.63) is 34.9 Å². The maximum atomic E-state index is 13.1. The van der Waals surface area contributed by atoms with Gasteiger partial charge in [-0.3, -0.25) is 14.5 Å². The number of fused-ring (bicyclic) bond motifs is 2. The second-order valence-electron chi connectivity index (χ2n) is 7.61. The average molecular weight is 579 g/mol. The van der Waals surface area contributed by atoms with Crippen molar-refractivity contribution in [1.82, 2.24) is 34.8 Å². The summed E-state index contributed by atoms with van der Waals surface area (Å²) in [4.78, 5) is 55.8. The predicted molar refractivity (Wildman–Crippen MR) is 137 cm³/mol. The number of nitrogen functional groups attached to an aromatic ring is 2. The number of nitrogens with two attached hydrogens (primary N) is 2. The standard InChI is InChI=1S/C19H18N10O6S3/c1-34-27-11(8-5-37-17(21)24-8)13(30)26-12-14(31)28-15(35-19(32)33)7(3-36-16(12)28)4-38-18-25-9(20)2-10-22-6-23-29(10)18/h2,5-6,12,16H,3-4,20H2,1H3,(H2,21,24)(H,26,30)(H,32,33)/b27-11-/t12-,16-/m1/s1. The molecule has 19 heteroatoms. The lowest BCUT2D eigenvalue weighted by Crippen LogP contribution is -2.70. The highest BCUT2D eigenvalue weighted by molar-refractivity contribution is 8.01. The van der Waals surface area contributed by atoms with Crippen LogP contribution in [0.25, 0.3) is 5.65 Å². The van der Waals surface area contributed by atoms with Crippen LogP contribution < -0.4 is 16.8 Å². The Hall–Kier alpha value is -4.10. The van der Waals surface area contributed by atoms with Crippen molar-refractivity contribution in [3.63, 3.8) is 0 Å². The number of nitrogens with zero attached hydrogens (tertiary/aromatic N) is 7. The zero-order valence-corrected chi connectivity index (χ0v) is 21.7. The molecule has 2 amide bonds. The van der Waals surface area contributed by atoms with Gasteiger partial charge in [0.2, 0.25) is 5.88 Å². The molecular weight excluding hydrogens is 560 g/mol. The molecular formula is C19H18N10O6S3. The van der Waals surface area contributed by atoms with E-state index in [4.69, 9.17) is 21.0 Å². The maximum Gasteiger partial charge on any atom is 0.512 e. The molecule has 3 aromatic rings. The Morgan fingerprint density at radius 1 is 1.37 bits per heavy atom. The third-order valence-electron chi connectivity index (χ3n) is 5.26. The number of thioether (sulfide) groups is 2. The monoisotopic (exact) mass is 578 g/mol. The van der Waals surface area contributed by atoms with Crippen LogP contribution in [0.15, 0.2) is 39.5 Å². The van der Waals surface area contributed by atoms with Gasteiger partial charge in [0, 0.05) is 28.5 Å². The summed E-state index contributed by atoms with van der Waals surface area (Å²) in [7, 11) is 1.27. The third-order valence-corrected chi connectivity index (χ3v) is 8.29. The number of hydrogen-bond acceptors (Lipinski definition) is 15. The maximum absolute atomic E-state index is 13.1. The molecule has 5 heterocycles. The first-order chi connectivity index (χ1) is 18.3. The van der Waals surface area contributed by atoms with E-state index in [0.29, 0.717) is 22.1 Å². The van der Waals surface area contributed by atoms with E-state index in [9.17, 15) is 19.5 Å². The zero-order valence-electron chi connectivity index (χ0n) is 19.3.